The standard InChI is InChI=1S/C9H7BrN4/c10-9-7-8(4-6-12-9)3-1-2-5-13-14-11/h4,6-7H,2,5H2. The lowest BCUT2D eigenvalue weighted by molar-refractivity contribution is 1.01. The number of rotatable bonds is 2. The van der Waals surface area contributed by atoms with Gasteiger partial charge in [0.15, 0.2) is 0 Å². The Hall–Kier alpha value is -1.50. The van der Waals surface area contributed by atoms with E-state index in [1.807, 2.05) is 12.1 Å². The third-order valence-corrected chi connectivity index (χ3v) is 1.79. The fourth-order valence-corrected chi connectivity index (χ4v) is 1.16. The van der Waals surface area contributed by atoms with Crippen LogP contribution in [0.2, 0.25) is 0 Å². The largest absolute Gasteiger partial charge is 0.249 e. The predicted octanol–water partition coefficient (Wildman–Crippen LogP) is 2.90. The molecule has 0 aliphatic heterocycles. The van der Waals surface area contributed by atoms with Crippen molar-refractivity contribution in [1.82, 2.24) is 4.98 Å². The van der Waals surface area contributed by atoms with Crippen LogP contribution in [0.15, 0.2) is 28.0 Å². The van der Waals surface area contributed by atoms with E-state index in [-0.39, 0.29) is 0 Å². The van der Waals surface area contributed by atoms with Crippen molar-refractivity contribution in [1.29, 1.82) is 0 Å². The van der Waals surface area contributed by atoms with E-state index in [0.717, 1.165) is 10.2 Å². The first-order valence-corrected chi connectivity index (χ1v) is 4.73. The fraction of sp³-hybridized carbons (Fsp3) is 0.222. The maximum atomic E-state index is 8.01. The first kappa shape index (κ1) is 10.6. The minimum absolute atomic E-state index is 0.412. The van der Waals surface area contributed by atoms with Gasteiger partial charge in [-0.05, 0) is 33.6 Å². The minimum atomic E-state index is 0.412. The molecule has 0 atom stereocenters. The molecule has 0 saturated carbocycles. The Bertz CT molecular complexity index is 412. The van der Waals surface area contributed by atoms with Crippen LogP contribution in [0.5, 0.6) is 0 Å². The average molecular weight is 251 g/mol. The third-order valence-electron chi connectivity index (χ3n) is 1.36. The highest BCUT2D eigenvalue weighted by Gasteiger charge is 1.88. The topological polar surface area (TPSA) is 61.7 Å². The molecule has 0 unspecified atom stereocenters. The predicted molar refractivity (Wildman–Crippen MR) is 57.4 cm³/mol. The zero-order valence-corrected chi connectivity index (χ0v) is 8.90. The van der Waals surface area contributed by atoms with Crippen LogP contribution in [-0.2, 0) is 0 Å². The second kappa shape index (κ2) is 6.03. The summed E-state index contributed by atoms with van der Waals surface area (Å²) >= 11 is 3.25. The van der Waals surface area contributed by atoms with Gasteiger partial charge in [0.2, 0.25) is 0 Å². The van der Waals surface area contributed by atoms with Gasteiger partial charge < -0.3 is 0 Å². The molecule has 0 fully saturated rings. The molecule has 0 bridgehead atoms. The van der Waals surface area contributed by atoms with Crippen LogP contribution in [0, 0.1) is 11.8 Å². The first-order valence-electron chi connectivity index (χ1n) is 3.94. The van der Waals surface area contributed by atoms with Crippen LogP contribution >= 0.6 is 15.9 Å². The quantitative estimate of drug-likeness (QED) is 0.199. The molecule has 0 aliphatic carbocycles. The molecular weight excluding hydrogens is 244 g/mol. The Kier molecular flexibility index (Phi) is 4.56. The van der Waals surface area contributed by atoms with E-state index in [1.54, 1.807) is 6.20 Å². The molecule has 0 spiro atoms. The number of halogens is 1. The smallest absolute Gasteiger partial charge is 0.107 e. The zero-order chi connectivity index (χ0) is 10.2. The minimum Gasteiger partial charge on any atom is -0.249 e. The van der Waals surface area contributed by atoms with Crippen molar-refractivity contribution in [3.63, 3.8) is 0 Å². The summed E-state index contributed by atoms with van der Waals surface area (Å²) in [4.78, 5) is 6.61. The second-order valence-electron chi connectivity index (χ2n) is 2.37. The van der Waals surface area contributed by atoms with Crippen molar-refractivity contribution in [2.75, 3.05) is 6.54 Å². The summed E-state index contributed by atoms with van der Waals surface area (Å²) in [5.41, 5.74) is 8.91. The number of aromatic nitrogens is 1. The number of nitrogens with zero attached hydrogens (tertiary/aromatic N) is 4. The van der Waals surface area contributed by atoms with Gasteiger partial charge >= 0.3 is 0 Å². The molecule has 0 amide bonds. The normalized spacial score (nSPS) is 8.36. The summed E-state index contributed by atoms with van der Waals surface area (Å²) in [5, 5.41) is 3.38. The van der Waals surface area contributed by atoms with Gasteiger partial charge in [-0.25, -0.2) is 4.98 Å². The number of azide groups is 1. The van der Waals surface area contributed by atoms with Crippen molar-refractivity contribution in [3.05, 3.63) is 38.9 Å². The SMILES string of the molecule is [N-]=[N+]=NCCC#Cc1ccnc(Br)c1. The van der Waals surface area contributed by atoms with Gasteiger partial charge in [0.05, 0.1) is 0 Å². The third kappa shape index (κ3) is 3.94. The maximum absolute atomic E-state index is 8.01. The van der Waals surface area contributed by atoms with Crippen LogP contribution < -0.4 is 0 Å². The summed E-state index contributed by atoms with van der Waals surface area (Å²) in [6.07, 6.45) is 2.26. The molecule has 1 aromatic rings. The van der Waals surface area contributed by atoms with E-state index in [4.69, 9.17) is 5.53 Å². The highest BCUT2D eigenvalue weighted by Crippen LogP contribution is 2.06. The maximum Gasteiger partial charge on any atom is 0.107 e. The average Bonchev–Trinajstić information content (AvgIpc) is 2.18. The number of hydrogen-bond acceptors (Lipinski definition) is 2. The van der Waals surface area contributed by atoms with E-state index < -0.39 is 0 Å². The highest BCUT2D eigenvalue weighted by molar-refractivity contribution is 9.10. The molecule has 1 heterocycles. The van der Waals surface area contributed by atoms with Gasteiger partial charge in [0.25, 0.3) is 0 Å². The lowest BCUT2D eigenvalue weighted by atomic mass is 10.2. The highest BCUT2D eigenvalue weighted by atomic mass is 79.9. The molecule has 5 heteroatoms. The molecule has 0 aliphatic rings. The summed E-state index contributed by atoms with van der Waals surface area (Å²) in [7, 11) is 0. The van der Waals surface area contributed by atoms with Gasteiger partial charge in [0.1, 0.15) is 4.60 Å². The zero-order valence-electron chi connectivity index (χ0n) is 7.31. The van der Waals surface area contributed by atoms with Crippen LogP contribution in [0.3, 0.4) is 0 Å². The van der Waals surface area contributed by atoms with Crippen molar-refractivity contribution in [3.8, 4) is 11.8 Å². The van der Waals surface area contributed by atoms with Crippen molar-refractivity contribution in [2.45, 2.75) is 6.42 Å². The van der Waals surface area contributed by atoms with Crippen LogP contribution in [0.4, 0.5) is 0 Å². The number of pyridine rings is 1. The Morgan fingerprint density at radius 1 is 1.64 bits per heavy atom. The molecule has 1 aromatic heterocycles. The Balaban J connectivity index is 2.54. The lowest BCUT2D eigenvalue weighted by Gasteiger charge is -1.89. The van der Waals surface area contributed by atoms with E-state index >= 15 is 0 Å². The molecule has 4 nitrogen and oxygen atoms in total. The Morgan fingerprint density at radius 3 is 3.21 bits per heavy atom. The molecule has 0 N–H and O–H groups in total. The lowest BCUT2D eigenvalue weighted by Crippen LogP contribution is -1.78. The first-order chi connectivity index (χ1) is 6.83. The van der Waals surface area contributed by atoms with Crippen LogP contribution in [-0.4, -0.2) is 11.5 Å². The summed E-state index contributed by atoms with van der Waals surface area (Å²) in [6, 6.07) is 3.66. The summed E-state index contributed by atoms with van der Waals surface area (Å²) in [6.45, 7) is 0.412. The van der Waals surface area contributed by atoms with Gasteiger partial charge in [-0.2, -0.15) is 0 Å². The van der Waals surface area contributed by atoms with Gasteiger partial charge in [-0.1, -0.05) is 17.0 Å². The molecule has 1 rings (SSSR count). The second-order valence-corrected chi connectivity index (χ2v) is 3.19. The molecule has 70 valence electrons. The van der Waals surface area contributed by atoms with Gasteiger partial charge in [-0.3, -0.25) is 0 Å². The molecule has 14 heavy (non-hydrogen) atoms. The molecular formula is C9H7BrN4. The van der Waals surface area contributed by atoms with Gasteiger partial charge in [-0.15, -0.1) is 0 Å². The molecule has 0 aromatic carbocycles. The van der Waals surface area contributed by atoms with Crippen molar-refractivity contribution in [2.24, 2.45) is 5.11 Å². The van der Waals surface area contributed by atoms with E-state index in [2.05, 4.69) is 42.8 Å². The molecule has 0 saturated heterocycles. The molecule has 0 radical (unpaired) electrons. The van der Waals surface area contributed by atoms with E-state index in [0.29, 0.717) is 13.0 Å². The number of hydrogen-bond donors (Lipinski definition) is 0. The van der Waals surface area contributed by atoms with Crippen molar-refractivity contribution < 1.29 is 0 Å². The van der Waals surface area contributed by atoms with E-state index in [9.17, 15) is 0 Å². The van der Waals surface area contributed by atoms with Gasteiger partial charge in [0, 0.05) is 29.6 Å². The van der Waals surface area contributed by atoms with Crippen molar-refractivity contribution >= 4 is 15.9 Å². The fourth-order valence-electron chi connectivity index (χ4n) is 0.795. The summed E-state index contributed by atoms with van der Waals surface area (Å²) < 4.78 is 0.763. The monoisotopic (exact) mass is 250 g/mol. The van der Waals surface area contributed by atoms with Crippen LogP contribution in [0.1, 0.15) is 12.0 Å². The Labute approximate surface area is 90.1 Å². The van der Waals surface area contributed by atoms with E-state index in [1.165, 1.54) is 0 Å². The van der Waals surface area contributed by atoms with Crippen LogP contribution in [0.25, 0.3) is 10.4 Å². The Morgan fingerprint density at radius 2 is 2.50 bits per heavy atom. The summed E-state index contributed by atoms with van der Waals surface area (Å²) in [5.74, 6) is 5.84.